The van der Waals surface area contributed by atoms with Gasteiger partial charge in [0.1, 0.15) is 12.1 Å². The van der Waals surface area contributed by atoms with Gasteiger partial charge >= 0.3 is 16.4 Å². The van der Waals surface area contributed by atoms with Gasteiger partial charge in [0.2, 0.25) is 0 Å². The van der Waals surface area contributed by atoms with Crippen LogP contribution in [0.3, 0.4) is 0 Å². The lowest BCUT2D eigenvalue weighted by molar-refractivity contribution is -0.137. The normalized spacial score (nSPS) is 19.3. The van der Waals surface area contributed by atoms with Gasteiger partial charge in [-0.3, -0.25) is 4.79 Å². The number of aromatic nitrogens is 3. The van der Waals surface area contributed by atoms with E-state index in [1.54, 1.807) is 25.4 Å². The van der Waals surface area contributed by atoms with Crippen molar-refractivity contribution < 1.29 is 30.8 Å². The van der Waals surface area contributed by atoms with E-state index in [-0.39, 0.29) is 42.3 Å². The van der Waals surface area contributed by atoms with Gasteiger partial charge in [-0.25, -0.2) is 14.7 Å². The number of benzene rings is 1. The maximum Gasteiger partial charge on any atom is 0.416 e. The number of nitrogens with one attached hydrogen (secondary N) is 2. The number of oxazole rings is 1. The van der Waals surface area contributed by atoms with Crippen molar-refractivity contribution in [2.75, 3.05) is 18.4 Å². The van der Waals surface area contributed by atoms with E-state index in [2.05, 4.69) is 20.3 Å². The third-order valence-corrected chi connectivity index (χ3v) is 7.58. The van der Waals surface area contributed by atoms with Crippen LogP contribution in [0.2, 0.25) is 0 Å². The van der Waals surface area contributed by atoms with Crippen molar-refractivity contribution in [1.29, 1.82) is 0 Å². The van der Waals surface area contributed by atoms with Gasteiger partial charge in [0.05, 0.1) is 5.56 Å². The zero-order valence-corrected chi connectivity index (χ0v) is 20.8. The molecule has 1 amide bonds. The second-order valence-electron chi connectivity index (χ2n) is 8.82. The van der Waals surface area contributed by atoms with E-state index in [0.717, 1.165) is 18.4 Å². The van der Waals surface area contributed by atoms with Gasteiger partial charge in [-0.2, -0.15) is 30.9 Å². The Kier molecular flexibility index (Phi) is 7.50. The molecule has 1 aliphatic heterocycles. The van der Waals surface area contributed by atoms with Crippen molar-refractivity contribution >= 4 is 27.8 Å². The molecule has 37 heavy (non-hydrogen) atoms. The van der Waals surface area contributed by atoms with Crippen LogP contribution in [0.5, 0.6) is 0 Å². The van der Waals surface area contributed by atoms with Crippen molar-refractivity contribution in [3.05, 3.63) is 65.6 Å². The second kappa shape index (κ2) is 10.5. The van der Waals surface area contributed by atoms with Gasteiger partial charge in [0, 0.05) is 37.1 Å². The lowest BCUT2D eigenvalue weighted by atomic mass is 9.90. The molecular weight excluding hydrogens is 513 g/mol. The van der Waals surface area contributed by atoms with Crippen molar-refractivity contribution in [2.24, 2.45) is 5.92 Å². The average molecular weight is 539 g/mol. The number of hydrogen-bond donors (Lipinski definition) is 2. The summed E-state index contributed by atoms with van der Waals surface area (Å²) in [5.41, 5.74) is -0.667. The number of amides is 1. The lowest BCUT2D eigenvalue weighted by Crippen LogP contribution is -2.45. The topological polar surface area (TPSA) is 130 Å². The highest BCUT2D eigenvalue weighted by Crippen LogP contribution is 2.33. The van der Waals surface area contributed by atoms with Crippen LogP contribution < -0.4 is 10.0 Å². The standard InChI is InChI=1S/C23H25F3N6O4S/c1-14-6-7-16(23(24,25)26)11-18(14)29-22-30-19(13-36-22)21(33)31-37(34,35)32-10-3-5-17(15(2)12-32)20-27-8-4-9-28-20/h4,6-9,11,13,15,17H,3,5,10,12H2,1-2H3,(H,29,30)(H,31,33)/t15-,17?/m0/s1. The number of nitrogens with zero attached hydrogens (tertiary/aromatic N) is 4. The molecule has 1 unspecified atom stereocenters. The number of carbonyl (C=O) groups excluding carboxylic acids is 1. The van der Waals surface area contributed by atoms with Crippen LogP contribution >= 0.6 is 0 Å². The molecule has 14 heteroatoms. The lowest BCUT2D eigenvalue weighted by Gasteiger charge is -2.24. The van der Waals surface area contributed by atoms with E-state index in [0.29, 0.717) is 24.2 Å². The smallest absolute Gasteiger partial charge is 0.416 e. The monoisotopic (exact) mass is 538 g/mol. The average Bonchev–Trinajstić information content (AvgIpc) is 3.21. The first-order chi connectivity index (χ1) is 17.4. The van der Waals surface area contributed by atoms with Crippen LogP contribution in [0, 0.1) is 12.8 Å². The molecule has 4 rings (SSSR count). The summed E-state index contributed by atoms with van der Waals surface area (Å²) < 4.78 is 73.4. The van der Waals surface area contributed by atoms with Crippen LogP contribution in [0.15, 0.2) is 47.3 Å². The molecule has 0 saturated carbocycles. The van der Waals surface area contributed by atoms with E-state index in [1.807, 2.05) is 11.6 Å². The number of anilines is 2. The molecule has 1 saturated heterocycles. The van der Waals surface area contributed by atoms with Gasteiger partial charge in [-0.15, -0.1) is 0 Å². The highest BCUT2D eigenvalue weighted by molar-refractivity contribution is 7.87. The van der Waals surface area contributed by atoms with Crippen LogP contribution in [-0.4, -0.2) is 46.7 Å². The Morgan fingerprint density at radius 2 is 1.95 bits per heavy atom. The molecule has 0 aliphatic carbocycles. The molecule has 1 aromatic carbocycles. The van der Waals surface area contributed by atoms with Gasteiger partial charge < -0.3 is 9.73 Å². The molecule has 2 N–H and O–H groups in total. The van der Waals surface area contributed by atoms with Crippen molar-refractivity contribution in [2.45, 2.75) is 38.8 Å². The molecule has 3 aromatic rings. The Morgan fingerprint density at radius 3 is 2.65 bits per heavy atom. The highest BCUT2D eigenvalue weighted by Gasteiger charge is 2.34. The Hall–Kier alpha value is -3.52. The van der Waals surface area contributed by atoms with E-state index in [9.17, 15) is 26.4 Å². The molecular formula is C23H25F3N6O4S. The fraction of sp³-hybridized carbons (Fsp3) is 0.391. The van der Waals surface area contributed by atoms with E-state index >= 15 is 0 Å². The minimum absolute atomic E-state index is 0.0272. The Morgan fingerprint density at radius 1 is 1.22 bits per heavy atom. The fourth-order valence-electron chi connectivity index (χ4n) is 4.13. The third kappa shape index (κ3) is 6.25. The van der Waals surface area contributed by atoms with Crippen LogP contribution in [-0.2, 0) is 16.4 Å². The molecule has 1 aliphatic rings. The zero-order valence-electron chi connectivity index (χ0n) is 20.0. The number of carbonyl (C=O) groups is 1. The summed E-state index contributed by atoms with van der Waals surface area (Å²) >= 11 is 0. The first-order valence-corrected chi connectivity index (χ1v) is 12.9. The first-order valence-electron chi connectivity index (χ1n) is 11.4. The van der Waals surface area contributed by atoms with Crippen molar-refractivity contribution in [3.8, 4) is 0 Å². The molecule has 0 spiro atoms. The fourth-order valence-corrected chi connectivity index (χ4v) is 5.40. The second-order valence-corrected chi connectivity index (χ2v) is 10.5. The van der Waals surface area contributed by atoms with Gasteiger partial charge in [0.25, 0.3) is 11.9 Å². The number of halogens is 3. The minimum atomic E-state index is -4.54. The van der Waals surface area contributed by atoms with Crippen LogP contribution in [0.1, 0.15) is 53.1 Å². The summed E-state index contributed by atoms with van der Waals surface area (Å²) in [7, 11) is -4.21. The summed E-state index contributed by atoms with van der Waals surface area (Å²) in [5, 5.41) is 2.59. The molecule has 198 valence electrons. The quantitative estimate of drug-likeness (QED) is 0.481. The first kappa shape index (κ1) is 26.5. The molecule has 10 nitrogen and oxygen atoms in total. The molecule has 0 radical (unpaired) electrons. The van der Waals surface area contributed by atoms with E-state index in [4.69, 9.17) is 4.42 Å². The maximum atomic E-state index is 13.0. The Labute approximate surface area is 211 Å². The van der Waals surface area contributed by atoms with Gasteiger partial charge in [-0.05, 0) is 49.4 Å². The van der Waals surface area contributed by atoms with Crippen LogP contribution in [0.4, 0.5) is 24.9 Å². The summed E-state index contributed by atoms with van der Waals surface area (Å²) in [4.78, 5) is 25.1. The molecule has 1 fully saturated rings. The maximum absolute atomic E-state index is 13.0. The number of rotatable bonds is 6. The Balaban J connectivity index is 1.43. The molecule has 2 aromatic heterocycles. The highest BCUT2D eigenvalue weighted by atomic mass is 32.2. The predicted molar refractivity (Wildman–Crippen MR) is 127 cm³/mol. The largest absolute Gasteiger partial charge is 0.431 e. The van der Waals surface area contributed by atoms with Crippen LogP contribution in [0.25, 0.3) is 0 Å². The van der Waals surface area contributed by atoms with Gasteiger partial charge in [0.15, 0.2) is 5.69 Å². The number of alkyl halides is 3. The van der Waals surface area contributed by atoms with Crippen molar-refractivity contribution in [3.63, 3.8) is 0 Å². The zero-order chi connectivity index (χ0) is 26.8. The summed E-state index contributed by atoms with van der Waals surface area (Å²) in [6, 6.07) is 4.56. The van der Waals surface area contributed by atoms with Crippen molar-refractivity contribution in [1.82, 2.24) is 24.0 Å². The predicted octanol–water partition coefficient (Wildman–Crippen LogP) is 4.03. The Bertz CT molecular complexity index is 1360. The van der Waals surface area contributed by atoms with E-state index in [1.165, 1.54) is 10.4 Å². The SMILES string of the molecule is Cc1ccc(C(F)(F)F)cc1Nc1nc(C(=O)NS(=O)(=O)N2CCCC(c3ncccn3)[C@@H](C)C2)co1. The third-order valence-electron chi connectivity index (χ3n) is 6.12. The summed E-state index contributed by atoms with van der Waals surface area (Å²) in [5.74, 6) is -0.509. The molecule has 0 bridgehead atoms. The van der Waals surface area contributed by atoms with Gasteiger partial charge in [-0.1, -0.05) is 13.0 Å². The minimum Gasteiger partial charge on any atom is -0.431 e. The number of aryl methyl sites for hydroxylation is 1. The number of hydrogen-bond acceptors (Lipinski definition) is 8. The molecule has 2 atom stereocenters. The summed E-state index contributed by atoms with van der Waals surface area (Å²) in [6.07, 6.45) is 0.909. The molecule has 3 heterocycles. The summed E-state index contributed by atoms with van der Waals surface area (Å²) in [6.45, 7) is 3.85. The van der Waals surface area contributed by atoms with E-state index < -0.39 is 27.9 Å².